The second-order valence-corrected chi connectivity index (χ2v) is 7.15. The molecule has 1 heterocycles. The van der Waals surface area contributed by atoms with Crippen molar-refractivity contribution in [3.05, 3.63) is 35.9 Å². The topological polar surface area (TPSA) is 85.3 Å². The van der Waals surface area contributed by atoms with Crippen LogP contribution in [0.3, 0.4) is 0 Å². The van der Waals surface area contributed by atoms with E-state index in [0.717, 1.165) is 5.56 Å². The molecule has 1 aliphatic rings. The molecule has 0 radical (unpaired) electrons. The fourth-order valence-corrected chi connectivity index (χ4v) is 2.12. The lowest BCUT2D eigenvalue weighted by molar-refractivity contribution is -0.139. The summed E-state index contributed by atoms with van der Waals surface area (Å²) in [7, 11) is -3.84. The summed E-state index contributed by atoms with van der Waals surface area (Å²) in [5.41, 5.74) is 0.969. The number of cyclic esters (lactones) is 1. The van der Waals surface area contributed by atoms with E-state index < -0.39 is 21.3 Å². The standard InChI is InChI=1S/C14H18N2O5S/c1-11(2)22(18,19)21-15-13-14(17)20-9-8-16(13)10-12-6-4-3-5-7-12/h3-7,11H,8-10H2,1-2H3. The summed E-state index contributed by atoms with van der Waals surface area (Å²) in [5, 5.41) is 2.76. The first kappa shape index (κ1) is 16.3. The Morgan fingerprint density at radius 1 is 1.32 bits per heavy atom. The Hall–Kier alpha value is -2.09. The third-order valence-electron chi connectivity index (χ3n) is 3.10. The molecule has 1 aromatic rings. The molecule has 1 saturated heterocycles. The molecule has 8 heteroatoms. The number of nitrogens with zero attached hydrogens (tertiary/aromatic N) is 2. The maximum Gasteiger partial charge on any atom is 0.377 e. The number of hydrogen-bond acceptors (Lipinski definition) is 6. The van der Waals surface area contributed by atoms with Crippen LogP contribution in [-0.4, -0.2) is 43.5 Å². The van der Waals surface area contributed by atoms with Crippen molar-refractivity contribution in [1.29, 1.82) is 0 Å². The maximum absolute atomic E-state index is 11.8. The van der Waals surface area contributed by atoms with Gasteiger partial charge < -0.3 is 9.64 Å². The number of benzene rings is 1. The molecule has 1 aliphatic heterocycles. The Balaban J connectivity index is 2.18. The van der Waals surface area contributed by atoms with Gasteiger partial charge in [-0.25, -0.2) is 4.79 Å². The molecule has 7 nitrogen and oxygen atoms in total. The number of carbonyl (C=O) groups is 1. The number of esters is 1. The fourth-order valence-electron chi connectivity index (χ4n) is 1.77. The highest BCUT2D eigenvalue weighted by molar-refractivity contribution is 7.87. The van der Waals surface area contributed by atoms with Crippen LogP contribution < -0.4 is 0 Å². The summed E-state index contributed by atoms with van der Waals surface area (Å²) in [6, 6.07) is 9.47. The summed E-state index contributed by atoms with van der Waals surface area (Å²) in [4.78, 5) is 13.4. The molecule has 0 amide bonds. The first-order valence-electron chi connectivity index (χ1n) is 6.86. The lowest BCUT2D eigenvalue weighted by atomic mass is 10.2. The summed E-state index contributed by atoms with van der Waals surface area (Å²) in [5.74, 6) is -0.833. The predicted molar refractivity (Wildman–Crippen MR) is 80.4 cm³/mol. The molecule has 0 spiro atoms. The van der Waals surface area contributed by atoms with E-state index in [-0.39, 0.29) is 12.4 Å². The summed E-state index contributed by atoms with van der Waals surface area (Å²) in [6.45, 7) is 4.00. The van der Waals surface area contributed by atoms with Crippen molar-refractivity contribution in [2.45, 2.75) is 25.6 Å². The third-order valence-corrected chi connectivity index (χ3v) is 4.53. The molecule has 0 unspecified atom stereocenters. The number of carbonyl (C=O) groups excluding carboxylic acids is 1. The van der Waals surface area contributed by atoms with Crippen LogP contribution in [0.4, 0.5) is 0 Å². The predicted octanol–water partition coefficient (Wildman–Crippen LogP) is 1.11. The highest BCUT2D eigenvalue weighted by atomic mass is 32.2. The molecule has 0 aromatic heterocycles. The van der Waals surface area contributed by atoms with Gasteiger partial charge in [0.05, 0.1) is 11.8 Å². The van der Waals surface area contributed by atoms with Crippen molar-refractivity contribution in [3.63, 3.8) is 0 Å². The van der Waals surface area contributed by atoms with E-state index >= 15 is 0 Å². The van der Waals surface area contributed by atoms with Gasteiger partial charge in [0, 0.05) is 6.54 Å². The van der Waals surface area contributed by atoms with Crippen molar-refractivity contribution in [2.24, 2.45) is 5.16 Å². The summed E-state index contributed by atoms with van der Waals surface area (Å²) >= 11 is 0. The van der Waals surface area contributed by atoms with Gasteiger partial charge in [-0.3, -0.25) is 4.28 Å². The maximum atomic E-state index is 11.8. The largest absolute Gasteiger partial charge is 0.458 e. The van der Waals surface area contributed by atoms with E-state index in [1.54, 1.807) is 4.90 Å². The molecule has 0 bridgehead atoms. The lowest BCUT2D eigenvalue weighted by Crippen LogP contribution is -2.45. The average molecular weight is 326 g/mol. The van der Waals surface area contributed by atoms with Crippen molar-refractivity contribution < 1.29 is 22.2 Å². The monoisotopic (exact) mass is 326 g/mol. The lowest BCUT2D eigenvalue weighted by Gasteiger charge is -2.28. The van der Waals surface area contributed by atoms with E-state index in [2.05, 4.69) is 9.44 Å². The normalized spacial score (nSPS) is 17.7. The number of morpholine rings is 1. The van der Waals surface area contributed by atoms with Crippen LogP contribution in [0.2, 0.25) is 0 Å². The number of hydrogen-bond donors (Lipinski definition) is 0. The van der Waals surface area contributed by atoms with Crippen LogP contribution in [0.5, 0.6) is 0 Å². The molecular formula is C14H18N2O5S. The van der Waals surface area contributed by atoms with Crippen molar-refractivity contribution >= 4 is 21.9 Å². The average Bonchev–Trinajstić information content (AvgIpc) is 2.47. The Bertz CT molecular complexity index is 655. The molecule has 2 rings (SSSR count). The SMILES string of the molecule is CC(C)S(=O)(=O)ON=C1C(=O)OCCN1Cc1ccccc1. The Morgan fingerprint density at radius 3 is 2.64 bits per heavy atom. The second-order valence-electron chi connectivity index (χ2n) is 5.07. The Kier molecular flexibility index (Phi) is 5.02. The smallest absolute Gasteiger partial charge is 0.377 e. The van der Waals surface area contributed by atoms with Crippen molar-refractivity contribution in [3.8, 4) is 0 Å². The van der Waals surface area contributed by atoms with Gasteiger partial charge in [0.15, 0.2) is 0 Å². The first-order valence-corrected chi connectivity index (χ1v) is 8.34. The van der Waals surface area contributed by atoms with Gasteiger partial charge in [0.25, 0.3) is 5.84 Å². The quantitative estimate of drug-likeness (QED) is 0.595. The van der Waals surface area contributed by atoms with Gasteiger partial charge in [0.2, 0.25) is 0 Å². The molecule has 0 N–H and O–H groups in total. The minimum absolute atomic E-state index is 0.140. The minimum Gasteiger partial charge on any atom is -0.458 e. The minimum atomic E-state index is -3.84. The van der Waals surface area contributed by atoms with Gasteiger partial charge >= 0.3 is 16.1 Å². The Labute approximate surface area is 129 Å². The van der Waals surface area contributed by atoms with Crippen LogP contribution >= 0.6 is 0 Å². The molecular weight excluding hydrogens is 308 g/mol. The van der Waals surface area contributed by atoms with Gasteiger partial charge in [0.1, 0.15) is 6.61 Å². The zero-order chi connectivity index (χ0) is 16.2. The zero-order valence-corrected chi connectivity index (χ0v) is 13.2. The fraction of sp³-hybridized carbons (Fsp3) is 0.429. The van der Waals surface area contributed by atoms with E-state index in [1.807, 2.05) is 30.3 Å². The van der Waals surface area contributed by atoms with E-state index in [4.69, 9.17) is 4.74 Å². The number of amidine groups is 1. The second kappa shape index (κ2) is 6.78. The molecule has 1 fully saturated rings. The van der Waals surface area contributed by atoms with Crippen LogP contribution in [0, 0.1) is 0 Å². The number of rotatable bonds is 5. The van der Waals surface area contributed by atoms with E-state index in [0.29, 0.717) is 13.1 Å². The number of ether oxygens (including phenoxy) is 1. The van der Waals surface area contributed by atoms with Crippen LogP contribution in [0.25, 0.3) is 0 Å². The zero-order valence-electron chi connectivity index (χ0n) is 12.4. The molecule has 0 atom stereocenters. The van der Waals surface area contributed by atoms with Crippen LogP contribution in [0.1, 0.15) is 19.4 Å². The summed E-state index contributed by atoms with van der Waals surface area (Å²) < 4.78 is 32.8. The molecule has 0 saturated carbocycles. The molecule has 22 heavy (non-hydrogen) atoms. The third kappa shape index (κ3) is 3.97. The highest BCUT2D eigenvalue weighted by Crippen LogP contribution is 2.11. The van der Waals surface area contributed by atoms with Crippen LogP contribution in [-0.2, 0) is 30.5 Å². The van der Waals surface area contributed by atoms with Gasteiger partial charge in [-0.2, -0.15) is 8.42 Å². The van der Waals surface area contributed by atoms with Gasteiger partial charge in [-0.1, -0.05) is 30.3 Å². The van der Waals surface area contributed by atoms with E-state index in [9.17, 15) is 13.2 Å². The number of oxime groups is 1. The Morgan fingerprint density at radius 2 is 2.00 bits per heavy atom. The van der Waals surface area contributed by atoms with Crippen LogP contribution in [0.15, 0.2) is 35.5 Å². The molecule has 1 aromatic carbocycles. The summed E-state index contributed by atoms with van der Waals surface area (Å²) in [6.07, 6.45) is 0. The molecule has 120 valence electrons. The van der Waals surface area contributed by atoms with Gasteiger partial charge in [-0.15, -0.1) is 0 Å². The van der Waals surface area contributed by atoms with Crippen molar-refractivity contribution in [2.75, 3.05) is 13.2 Å². The first-order chi connectivity index (χ1) is 10.4. The van der Waals surface area contributed by atoms with E-state index in [1.165, 1.54) is 13.8 Å². The van der Waals surface area contributed by atoms with Gasteiger partial charge in [-0.05, 0) is 24.6 Å². The molecule has 0 aliphatic carbocycles. The van der Waals surface area contributed by atoms with Crippen molar-refractivity contribution in [1.82, 2.24) is 4.90 Å². The highest BCUT2D eigenvalue weighted by Gasteiger charge is 2.28.